The molecule has 1 amide bonds. The van der Waals surface area contributed by atoms with Crippen molar-refractivity contribution < 1.29 is 4.79 Å². The van der Waals surface area contributed by atoms with E-state index in [1.54, 1.807) is 0 Å². The molecule has 0 aromatic carbocycles. The molecule has 6 heteroatoms. The van der Waals surface area contributed by atoms with Crippen LogP contribution in [0.15, 0.2) is 18.2 Å². The lowest BCUT2D eigenvalue weighted by atomic mass is 10.0. The fourth-order valence-corrected chi connectivity index (χ4v) is 1.90. The van der Waals surface area contributed by atoms with Gasteiger partial charge in [-0.15, -0.1) is 24.8 Å². The molecule has 1 aliphatic rings. The van der Waals surface area contributed by atoms with Crippen LogP contribution < -0.4 is 10.6 Å². The smallest absolute Gasteiger partial charge is 0.242 e. The molecule has 0 radical (unpaired) electrons. The van der Waals surface area contributed by atoms with Crippen LogP contribution in [-0.4, -0.2) is 23.5 Å². The van der Waals surface area contributed by atoms with Gasteiger partial charge >= 0.3 is 0 Å². The van der Waals surface area contributed by atoms with Gasteiger partial charge in [0.05, 0.1) is 6.04 Å². The topological polar surface area (TPSA) is 54.0 Å². The molecule has 1 aliphatic heterocycles. The third-order valence-electron chi connectivity index (χ3n) is 2.77. The van der Waals surface area contributed by atoms with Crippen LogP contribution in [-0.2, 0) is 4.79 Å². The minimum absolute atomic E-state index is 0. The molecule has 1 saturated heterocycles. The van der Waals surface area contributed by atoms with Gasteiger partial charge in [0.15, 0.2) is 0 Å². The van der Waals surface area contributed by atoms with E-state index in [0.29, 0.717) is 5.82 Å². The number of carbonyl (C=O) groups is 1. The molecule has 0 saturated carbocycles. The molecule has 0 unspecified atom stereocenters. The van der Waals surface area contributed by atoms with Crippen molar-refractivity contribution in [2.45, 2.75) is 32.2 Å². The Kier molecular flexibility index (Phi) is 7.91. The SMILES string of the molecule is Cc1cccc(NC(=O)[C@H]2CCCCN2)n1.Cl.Cl. The molecule has 2 N–H and O–H groups in total. The number of anilines is 1. The summed E-state index contributed by atoms with van der Waals surface area (Å²) in [4.78, 5) is 16.1. The van der Waals surface area contributed by atoms with Crippen LogP contribution in [0.25, 0.3) is 0 Å². The molecule has 1 aromatic rings. The van der Waals surface area contributed by atoms with Gasteiger partial charge < -0.3 is 10.6 Å². The maximum atomic E-state index is 11.9. The summed E-state index contributed by atoms with van der Waals surface area (Å²) >= 11 is 0. The van der Waals surface area contributed by atoms with Gasteiger partial charge in [0.1, 0.15) is 5.82 Å². The molecular weight excluding hydrogens is 273 g/mol. The standard InChI is InChI=1S/C12H17N3O.2ClH/c1-9-5-4-7-11(14-9)15-12(16)10-6-2-3-8-13-10;;/h4-5,7,10,13H,2-3,6,8H2,1H3,(H,14,15,16);2*1H/t10-;;/m1../s1. The first-order valence-corrected chi connectivity index (χ1v) is 5.73. The average molecular weight is 292 g/mol. The number of piperidine rings is 1. The van der Waals surface area contributed by atoms with Crippen LogP contribution >= 0.6 is 24.8 Å². The van der Waals surface area contributed by atoms with Crippen LogP contribution in [0, 0.1) is 6.92 Å². The van der Waals surface area contributed by atoms with Gasteiger partial charge in [-0.05, 0) is 38.4 Å². The Morgan fingerprint density at radius 1 is 1.39 bits per heavy atom. The highest BCUT2D eigenvalue weighted by molar-refractivity contribution is 5.94. The van der Waals surface area contributed by atoms with Crippen molar-refractivity contribution in [3.63, 3.8) is 0 Å². The van der Waals surface area contributed by atoms with Crippen molar-refractivity contribution in [1.82, 2.24) is 10.3 Å². The van der Waals surface area contributed by atoms with Crippen molar-refractivity contribution in [3.05, 3.63) is 23.9 Å². The van der Waals surface area contributed by atoms with E-state index in [9.17, 15) is 4.79 Å². The fraction of sp³-hybridized carbons (Fsp3) is 0.500. The van der Waals surface area contributed by atoms with Gasteiger partial charge in [0, 0.05) is 5.69 Å². The maximum absolute atomic E-state index is 11.9. The first-order valence-electron chi connectivity index (χ1n) is 5.73. The summed E-state index contributed by atoms with van der Waals surface area (Å²) in [7, 11) is 0. The molecule has 2 rings (SSSR count). The molecule has 4 nitrogen and oxygen atoms in total. The average Bonchev–Trinajstić information content (AvgIpc) is 2.30. The zero-order chi connectivity index (χ0) is 11.4. The highest BCUT2D eigenvalue weighted by atomic mass is 35.5. The van der Waals surface area contributed by atoms with Gasteiger partial charge in [0.2, 0.25) is 5.91 Å². The number of aryl methyl sites for hydroxylation is 1. The van der Waals surface area contributed by atoms with Crippen molar-refractivity contribution >= 4 is 36.5 Å². The Morgan fingerprint density at radius 2 is 2.17 bits per heavy atom. The van der Waals surface area contributed by atoms with Crippen LogP contribution in [0.2, 0.25) is 0 Å². The third kappa shape index (κ3) is 4.80. The lowest BCUT2D eigenvalue weighted by molar-refractivity contribution is -0.118. The van der Waals surface area contributed by atoms with E-state index >= 15 is 0 Å². The first-order chi connectivity index (χ1) is 7.75. The molecule has 102 valence electrons. The minimum atomic E-state index is -0.0592. The normalized spacial score (nSPS) is 18.2. The van der Waals surface area contributed by atoms with Crippen molar-refractivity contribution in [2.75, 3.05) is 11.9 Å². The Morgan fingerprint density at radius 3 is 2.78 bits per heavy atom. The fourth-order valence-electron chi connectivity index (χ4n) is 1.90. The predicted molar refractivity (Wildman–Crippen MR) is 77.7 cm³/mol. The molecule has 0 spiro atoms. The zero-order valence-corrected chi connectivity index (χ0v) is 11.9. The number of rotatable bonds is 2. The number of nitrogens with zero attached hydrogens (tertiary/aromatic N) is 1. The van der Waals surface area contributed by atoms with Gasteiger partial charge in [-0.25, -0.2) is 4.98 Å². The quantitative estimate of drug-likeness (QED) is 0.879. The Balaban J connectivity index is 0.00000144. The molecule has 0 bridgehead atoms. The van der Waals surface area contributed by atoms with Crippen molar-refractivity contribution in [2.24, 2.45) is 0 Å². The van der Waals surface area contributed by atoms with Gasteiger partial charge in [-0.1, -0.05) is 12.5 Å². The molecule has 18 heavy (non-hydrogen) atoms. The molecule has 2 heterocycles. The van der Waals surface area contributed by atoms with Crippen molar-refractivity contribution in [1.29, 1.82) is 0 Å². The van der Waals surface area contributed by atoms with Gasteiger partial charge in [-0.3, -0.25) is 4.79 Å². The van der Waals surface area contributed by atoms with Crippen molar-refractivity contribution in [3.8, 4) is 0 Å². The minimum Gasteiger partial charge on any atom is -0.309 e. The van der Waals surface area contributed by atoms with Crippen LogP contribution in [0.4, 0.5) is 5.82 Å². The number of halogens is 2. The lowest BCUT2D eigenvalue weighted by Crippen LogP contribution is -2.43. The third-order valence-corrected chi connectivity index (χ3v) is 2.77. The van der Waals surface area contributed by atoms with Crippen LogP contribution in [0.3, 0.4) is 0 Å². The Bertz CT molecular complexity index is 381. The number of aromatic nitrogens is 1. The second kappa shape index (κ2) is 8.29. The first kappa shape index (κ1) is 17.2. The summed E-state index contributed by atoms with van der Waals surface area (Å²) in [5.41, 5.74) is 0.911. The molecular formula is C12H19Cl2N3O. The van der Waals surface area contributed by atoms with E-state index in [4.69, 9.17) is 0 Å². The number of carbonyl (C=O) groups excluding carboxylic acids is 1. The van der Waals surface area contributed by atoms with Gasteiger partial charge in [-0.2, -0.15) is 0 Å². The maximum Gasteiger partial charge on any atom is 0.242 e. The summed E-state index contributed by atoms with van der Waals surface area (Å²) in [6.07, 6.45) is 3.19. The Labute approximate surface area is 120 Å². The van der Waals surface area contributed by atoms with E-state index in [1.165, 1.54) is 0 Å². The van der Waals surface area contributed by atoms with E-state index in [1.807, 2.05) is 25.1 Å². The molecule has 1 atom stereocenters. The number of pyridine rings is 1. The van der Waals surface area contributed by atoms with Gasteiger partial charge in [0.25, 0.3) is 0 Å². The summed E-state index contributed by atoms with van der Waals surface area (Å²) in [6.45, 7) is 2.84. The molecule has 0 aliphatic carbocycles. The van der Waals surface area contributed by atoms with E-state index < -0.39 is 0 Å². The summed E-state index contributed by atoms with van der Waals surface area (Å²) in [6, 6.07) is 5.56. The van der Waals surface area contributed by atoms with E-state index in [0.717, 1.165) is 31.5 Å². The zero-order valence-electron chi connectivity index (χ0n) is 10.3. The lowest BCUT2D eigenvalue weighted by Gasteiger charge is -2.22. The van der Waals surface area contributed by atoms with E-state index in [-0.39, 0.29) is 36.8 Å². The summed E-state index contributed by atoms with van der Waals surface area (Å²) < 4.78 is 0. The van der Waals surface area contributed by atoms with Crippen LogP contribution in [0.1, 0.15) is 25.0 Å². The highest BCUT2D eigenvalue weighted by Crippen LogP contribution is 2.10. The molecule has 1 fully saturated rings. The number of amides is 1. The number of hydrogen-bond donors (Lipinski definition) is 2. The monoisotopic (exact) mass is 291 g/mol. The second-order valence-corrected chi connectivity index (χ2v) is 4.16. The number of hydrogen-bond acceptors (Lipinski definition) is 3. The largest absolute Gasteiger partial charge is 0.309 e. The predicted octanol–water partition coefficient (Wildman–Crippen LogP) is 2.31. The Hall–Kier alpha value is -0.840. The highest BCUT2D eigenvalue weighted by Gasteiger charge is 2.20. The second-order valence-electron chi connectivity index (χ2n) is 4.16. The number of nitrogens with one attached hydrogen (secondary N) is 2. The summed E-state index contributed by atoms with van der Waals surface area (Å²) in [5, 5.41) is 6.05. The van der Waals surface area contributed by atoms with E-state index in [2.05, 4.69) is 15.6 Å². The summed E-state index contributed by atoms with van der Waals surface area (Å²) in [5.74, 6) is 0.662. The van der Waals surface area contributed by atoms with Crippen LogP contribution in [0.5, 0.6) is 0 Å². The molecule has 1 aromatic heterocycles.